The number of amides is 3. The van der Waals surface area contributed by atoms with Crippen LogP contribution < -0.4 is 27.2 Å². The monoisotopic (exact) mass is 531 g/mol. The van der Waals surface area contributed by atoms with Gasteiger partial charge in [0.25, 0.3) is 11.8 Å². The van der Waals surface area contributed by atoms with Crippen LogP contribution in [0.4, 0.5) is 5.69 Å². The molecule has 39 heavy (non-hydrogen) atoms. The molecule has 4 rings (SSSR count). The maximum atomic E-state index is 12.6. The van der Waals surface area contributed by atoms with Crippen molar-refractivity contribution >= 4 is 23.4 Å². The Kier molecular flexibility index (Phi) is 8.70. The molecule has 5 atom stereocenters. The third-order valence-electron chi connectivity index (χ3n) is 8.47. The van der Waals surface area contributed by atoms with E-state index >= 15 is 0 Å². The second kappa shape index (κ2) is 12.0. The molecule has 2 fully saturated rings. The first kappa shape index (κ1) is 28.3. The minimum absolute atomic E-state index is 0.0551. The summed E-state index contributed by atoms with van der Waals surface area (Å²) < 4.78 is 0. The van der Waals surface area contributed by atoms with Gasteiger partial charge in [0.05, 0.1) is 6.54 Å². The van der Waals surface area contributed by atoms with Gasteiger partial charge in [-0.3, -0.25) is 19.6 Å². The standard InChI is InChI=1S/C30H37N5O4/c1-18-23-14-15-24(30(23,2)3)27(18)32-17-26(36)33-22-12-8-20(9-13-22)5-4-19-6-10-21(11-7-19)28(37)34-25(16-31)29(38)35-39/h6-13,18,23-25,27,32,39H,14-17,31H2,1-3H3,(H,33,36)(H,34,37)(H,35,38)/t18-,23-,24+,25-,27+/m0/s1. The smallest absolute Gasteiger partial charge is 0.267 e. The molecule has 2 saturated carbocycles. The predicted molar refractivity (Wildman–Crippen MR) is 149 cm³/mol. The second-order valence-corrected chi connectivity index (χ2v) is 11.1. The summed E-state index contributed by atoms with van der Waals surface area (Å²) in [5.41, 5.74) is 9.82. The normalized spacial score (nSPS) is 23.3. The number of nitrogens with two attached hydrogens (primary N) is 1. The Bertz CT molecular complexity index is 1260. The fourth-order valence-electron chi connectivity index (χ4n) is 6.36. The number of hydrogen-bond acceptors (Lipinski definition) is 6. The van der Waals surface area contributed by atoms with E-state index in [1.165, 1.54) is 18.3 Å². The molecule has 7 N–H and O–H groups in total. The van der Waals surface area contributed by atoms with Crippen molar-refractivity contribution in [2.24, 2.45) is 28.9 Å². The predicted octanol–water partition coefficient (Wildman–Crippen LogP) is 2.25. The molecule has 2 aromatic carbocycles. The third-order valence-corrected chi connectivity index (χ3v) is 8.47. The van der Waals surface area contributed by atoms with E-state index < -0.39 is 17.9 Å². The van der Waals surface area contributed by atoms with E-state index in [1.54, 1.807) is 24.3 Å². The molecule has 2 aromatic rings. The van der Waals surface area contributed by atoms with Gasteiger partial charge in [-0.25, -0.2) is 5.48 Å². The van der Waals surface area contributed by atoms with Gasteiger partial charge in [-0.15, -0.1) is 0 Å². The van der Waals surface area contributed by atoms with Gasteiger partial charge in [-0.1, -0.05) is 32.6 Å². The van der Waals surface area contributed by atoms with E-state index in [0.29, 0.717) is 41.0 Å². The average Bonchev–Trinajstić information content (AvgIpc) is 3.33. The Morgan fingerprint density at radius 3 is 2.13 bits per heavy atom. The van der Waals surface area contributed by atoms with Crippen molar-refractivity contribution in [3.05, 3.63) is 65.2 Å². The maximum absolute atomic E-state index is 12.6. The summed E-state index contributed by atoms with van der Waals surface area (Å²) in [5, 5.41) is 17.7. The Balaban J connectivity index is 1.27. The van der Waals surface area contributed by atoms with Crippen molar-refractivity contribution in [3.63, 3.8) is 0 Å². The number of benzene rings is 2. The average molecular weight is 532 g/mol. The van der Waals surface area contributed by atoms with Gasteiger partial charge in [-0.2, -0.15) is 0 Å². The van der Waals surface area contributed by atoms with Gasteiger partial charge in [-0.05, 0) is 84.5 Å². The van der Waals surface area contributed by atoms with Gasteiger partial charge >= 0.3 is 0 Å². The number of carbonyl (C=O) groups is 3. The van der Waals surface area contributed by atoms with Crippen LogP contribution in [-0.4, -0.2) is 48.1 Å². The largest absolute Gasteiger partial charge is 0.339 e. The highest BCUT2D eigenvalue weighted by Crippen LogP contribution is 2.60. The molecule has 9 nitrogen and oxygen atoms in total. The number of nitrogens with one attached hydrogen (secondary N) is 4. The Hall–Kier alpha value is -3.71. The van der Waals surface area contributed by atoms with Gasteiger partial charge in [0, 0.05) is 35.0 Å². The topological polar surface area (TPSA) is 146 Å². The van der Waals surface area contributed by atoms with Gasteiger partial charge in [0.2, 0.25) is 5.91 Å². The molecule has 0 unspecified atom stereocenters. The lowest BCUT2D eigenvalue weighted by molar-refractivity contribution is -0.130. The van der Waals surface area contributed by atoms with Gasteiger partial charge in [0.15, 0.2) is 0 Å². The summed E-state index contributed by atoms with van der Waals surface area (Å²) in [4.78, 5) is 36.4. The zero-order chi connectivity index (χ0) is 28.2. The number of hydroxylamine groups is 1. The zero-order valence-electron chi connectivity index (χ0n) is 22.6. The van der Waals surface area contributed by atoms with E-state index in [2.05, 4.69) is 48.6 Å². The lowest BCUT2D eigenvalue weighted by Gasteiger charge is -2.29. The Morgan fingerprint density at radius 1 is 1.00 bits per heavy atom. The van der Waals surface area contributed by atoms with Crippen LogP contribution in [0.15, 0.2) is 48.5 Å². The number of fused-ring (bicyclic) bond motifs is 2. The van der Waals surface area contributed by atoms with Crippen molar-refractivity contribution in [1.29, 1.82) is 0 Å². The highest BCUT2D eigenvalue weighted by Gasteiger charge is 2.57. The molecule has 0 saturated heterocycles. The van der Waals surface area contributed by atoms with Crippen LogP contribution in [0.3, 0.4) is 0 Å². The lowest BCUT2D eigenvalue weighted by atomic mass is 9.80. The van der Waals surface area contributed by atoms with Crippen LogP contribution in [0.5, 0.6) is 0 Å². The number of rotatable bonds is 8. The van der Waals surface area contributed by atoms with Crippen molar-refractivity contribution in [2.75, 3.05) is 18.4 Å². The van der Waals surface area contributed by atoms with Crippen molar-refractivity contribution in [2.45, 2.75) is 45.7 Å². The minimum Gasteiger partial charge on any atom is -0.339 e. The van der Waals surface area contributed by atoms with Crippen molar-refractivity contribution < 1.29 is 19.6 Å². The van der Waals surface area contributed by atoms with Crippen LogP contribution in [0.2, 0.25) is 0 Å². The molecule has 0 heterocycles. The molecule has 2 bridgehead atoms. The van der Waals surface area contributed by atoms with Crippen molar-refractivity contribution in [3.8, 4) is 11.8 Å². The molecule has 0 aliphatic heterocycles. The molecule has 9 heteroatoms. The van der Waals surface area contributed by atoms with E-state index in [9.17, 15) is 14.4 Å². The van der Waals surface area contributed by atoms with Crippen LogP contribution in [0, 0.1) is 35.0 Å². The fraction of sp³-hybridized carbons (Fsp3) is 0.433. The van der Waals surface area contributed by atoms with Gasteiger partial charge < -0.3 is 21.7 Å². The van der Waals surface area contributed by atoms with Crippen LogP contribution in [0.1, 0.15) is 55.1 Å². The van der Waals surface area contributed by atoms with Crippen LogP contribution >= 0.6 is 0 Å². The summed E-state index contributed by atoms with van der Waals surface area (Å²) in [6.07, 6.45) is 2.54. The molecule has 0 spiro atoms. The molecular weight excluding hydrogens is 494 g/mol. The molecule has 0 aromatic heterocycles. The highest BCUT2D eigenvalue weighted by atomic mass is 16.5. The quantitative estimate of drug-likeness (QED) is 0.175. The van der Waals surface area contributed by atoms with E-state index in [4.69, 9.17) is 10.9 Å². The first-order chi connectivity index (χ1) is 18.6. The molecule has 2 aliphatic rings. The van der Waals surface area contributed by atoms with E-state index in [-0.39, 0.29) is 12.5 Å². The minimum atomic E-state index is -1.04. The molecule has 0 radical (unpaired) electrons. The Labute approximate surface area is 229 Å². The number of hydrogen-bond donors (Lipinski definition) is 6. The van der Waals surface area contributed by atoms with Gasteiger partial charge in [0.1, 0.15) is 6.04 Å². The van der Waals surface area contributed by atoms with Crippen molar-refractivity contribution in [1.82, 2.24) is 16.1 Å². The summed E-state index contributed by atoms with van der Waals surface area (Å²) in [6.45, 7) is 7.19. The first-order valence-corrected chi connectivity index (χ1v) is 13.3. The number of anilines is 1. The fourth-order valence-corrected chi connectivity index (χ4v) is 6.36. The molecule has 3 amide bonds. The third kappa shape index (κ3) is 6.31. The molecular formula is C30H37N5O4. The van der Waals surface area contributed by atoms with E-state index in [0.717, 1.165) is 17.2 Å². The van der Waals surface area contributed by atoms with Crippen LogP contribution in [-0.2, 0) is 9.59 Å². The summed E-state index contributed by atoms with van der Waals surface area (Å²) >= 11 is 0. The summed E-state index contributed by atoms with van der Waals surface area (Å²) in [7, 11) is 0. The highest BCUT2D eigenvalue weighted by molar-refractivity contribution is 5.97. The maximum Gasteiger partial charge on any atom is 0.267 e. The van der Waals surface area contributed by atoms with E-state index in [1.807, 2.05) is 24.3 Å². The molecule has 206 valence electrons. The number of carbonyl (C=O) groups excluding carboxylic acids is 3. The first-order valence-electron chi connectivity index (χ1n) is 13.3. The summed E-state index contributed by atoms with van der Waals surface area (Å²) in [6, 6.07) is 13.3. The molecule has 2 aliphatic carbocycles. The lowest BCUT2D eigenvalue weighted by Crippen LogP contribution is -2.50. The second-order valence-electron chi connectivity index (χ2n) is 11.1. The zero-order valence-corrected chi connectivity index (χ0v) is 22.6. The summed E-state index contributed by atoms with van der Waals surface area (Å²) in [5.74, 6) is 6.72. The SMILES string of the molecule is C[C@@H]1[C@@H](NCC(=O)Nc2ccc(C#Cc3ccc(C(=O)N[C@@H](CN)C(=O)NO)cc3)cc2)[C@H]2CC[C@@H]1C2(C)C. The Morgan fingerprint density at radius 2 is 1.59 bits per heavy atom. The van der Waals surface area contributed by atoms with Crippen LogP contribution in [0.25, 0.3) is 0 Å².